The number of carbonyl (C=O) groups excluding carboxylic acids is 1. The summed E-state index contributed by atoms with van der Waals surface area (Å²) in [5, 5.41) is 12.4. The van der Waals surface area contributed by atoms with E-state index in [1.165, 1.54) is 20.3 Å². The van der Waals surface area contributed by atoms with Crippen molar-refractivity contribution in [3.8, 4) is 17.6 Å². The molecule has 5 nitrogen and oxygen atoms in total. The lowest BCUT2D eigenvalue weighted by Crippen LogP contribution is -2.13. The van der Waals surface area contributed by atoms with E-state index < -0.39 is 5.91 Å². The van der Waals surface area contributed by atoms with Gasteiger partial charge in [0.25, 0.3) is 5.91 Å². The Balaban J connectivity index is 2.32. The molecule has 0 radical (unpaired) electrons. The van der Waals surface area contributed by atoms with Crippen LogP contribution in [0.5, 0.6) is 11.5 Å². The molecule has 0 aliphatic heterocycles. The number of amides is 1. The topological polar surface area (TPSA) is 71.3 Å². The highest BCUT2D eigenvalue weighted by atomic mass is 35.5. The number of methoxy groups -OCH3 is 2. The molecule has 0 saturated carbocycles. The molecule has 0 bridgehead atoms. The Labute approximate surface area is 157 Å². The fourth-order valence-electron chi connectivity index (χ4n) is 2.35. The van der Waals surface area contributed by atoms with Crippen LogP contribution in [0, 0.1) is 25.2 Å². The second kappa shape index (κ2) is 8.41. The summed E-state index contributed by atoms with van der Waals surface area (Å²) >= 11 is 6.16. The summed E-state index contributed by atoms with van der Waals surface area (Å²) in [5.74, 6) is 0.309. The molecule has 1 amide bonds. The van der Waals surface area contributed by atoms with Gasteiger partial charge in [0, 0.05) is 5.69 Å². The molecule has 2 aromatic rings. The van der Waals surface area contributed by atoms with Gasteiger partial charge in [0.1, 0.15) is 11.6 Å². The molecule has 0 atom stereocenters. The Bertz CT molecular complexity index is 914. The zero-order valence-electron chi connectivity index (χ0n) is 15.0. The molecule has 0 spiro atoms. The van der Waals surface area contributed by atoms with E-state index in [0.717, 1.165) is 11.1 Å². The zero-order valence-corrected chi connectivity index (χ0v) is 15.8. The van der Waals surface area contributed by atoms with Crippen LogP contribution in [0.1, 0.15) is 16.7 Å². The third-order valence-electron chi connectivity index (χ3n) is 3.90. The van der Waals surface area contributed by atoms with Crippen LogP contribution in [0.15, 0.2) is 35.9 Å². The van der Waals surface area contributed by atoms with E-state index in [9.17, 15) is 10.1 Å². The first-order chi connectivity index (χ1) is 12.4. The first-order valence-electron chi connectivity index (χ1n) is 7.81. The molecule has 0 aromatic heterocycles. The molecule has 2 rings (SSSR count). The second-order valence-corrected chi connectivity index (χ2v) is 6.07. The maximum absolute atomic E-state index is 12.4. The van der Waals surface area contributed by atoms with Crippen LogP contribution in [0.2, 0.25) is 5.02 Å². The SMILES string of the molecule is COc1cc(C=C(C#N)C(=O)Nc2ccc(C)c(C)c2)cc(Cl)c1OC. The van der Waals surface area contributed by atoms with Crippen molar-refractivity contribution in [3.05, 3.63) is 57.6 Å². The van der Waals surface area contributed by atoms with Crippen LogP contribution >= 0.6 is 11.6 Å². The van der Waals surface area contributed by atoms with Gasteiger partial charge in [-0.1, -0.05) is 17.7 Å². The lowest BCUT2D eigenvalue weighted by atomic mass is 10.1. The molecule has 6 heteroatoms. The van der Waals surface area contributed by atoms with Gasteiger partial charge in [-0.05, 0) is 60.9 Å². The van der Waals surface area contributed by atoms with Gasteiger partial charge in [-0.15, -0.1) is 0 Å². The van der Waals surface area contributed by atoms with Crippen LogP contribution in [0.25, 0.3) is 6.08 Å². The molecule has 0 saturated heterocycles. The Morgan fingerprint density at radius 2 is 1.88 bits per heavy atom. The highest BCUT2D eigenvalue weighted by Gasteiger charge is 2.13. The summed E-state index contributed by atoms with van der Waals surface area (Å²) in [6, 6.07) is 10.7. The van der Waals surface area contributed by atoms with Gasteiger partial charge >= 0.3 is 0 Å². The zero-order chi connectivity index (χ0) is 19.3. The van der Waals surface area contributed by atoms with E-state index in [-0.39, 0.29) is 5.57 Å². The number of rotatable bonds is 5. The number of nitrogens with zero attached hydrogens (tertiary/aromatic N) is 1. The predicted molar refractivity (Wildman–Crippen MR) is 103 cm³/mol. The number of hydrogen-bond donors (Lipinski definition) is 1. The number of carbonyl (C=O) groups is 1. The summed E-state index contributed by atoms with van der Waals surface area (Å²) in [5.41, 5.74) is 3.31. The molecule has 2 aromatic carbocycles. The standard InChI is InChI=1S/C20H19ClN2O3/c1-12-5-6-16(7-13(12)2)23-20(24)15(11-22)8-14-9-17(21)19(26-4)18(10-14)25-3/h5-10H,1-4H3,(H,23,24). The number of anilines is 1. The van der Waals surface area contributed by atoms with Crippen LogP contribution < -0.4 is 14.8 Å². The summed E-state index contributed by atoms with van der Waals surface area (Å²) < 4.78 is 10.4. The van der Waals surface area contributed by atoms with E-state index in [0.29, 0.717) is 27.8 Å². The van der Waals surface area contributed by atoms with Gasteiger partial charge in [-0.2, -0.15) is 5.26 Å². The summed E-state index contributed by atoms with van der Waals surface area (Å²) in [6.07, 6.45) is 1.45. The molecule has 0 heterocycles. The Morgan fingerprint density at radius 1 is 1.15 bits per heavy atom. The largest absolute Gasteiger partial charge is 0.493 e. The predicted octanol–water partition coefficient (Wildman–Crippen LogP) is 4.52. The number of nitriles is 1. The maximum atomic E-state index is 12.4. The minimum atomic E-state index is -0.498. The molecular formula is C20H19ClN2O3. The molecule has 0 aliphatic rings. The normalized spacial score (nSPS) is 10.8. The Morgan fingerprint density at radius 3 is 2.46 bits per heavy atom. The molecule has 26 heavy (non-hydrogen) atoms. The van der Waals surface area contributed by atoms with Gasteiger partial charge < -0.3 is 14.8 Å². The first kappa shape index (κ1) is 19.4. The third kappa shape index (κ3) is 4.35. The molecule has 134 valence electrons. The first-order valence-corrected chi connectivity index (χ1v) is 8.19. The van der Waals surface area contributed by atoms with Crippen molar-refractivity contribution in [2.45, 2.75) is 13.8 Å². The fraction of sp³-hybridized carbons (Fsp3) is 0.200. The van der Waals surface area contributed by atoms with Crippen molar-refractivity contribution in [3.63, 3.8) is 0 Å². The van der Waals surface area contributed by atoms with E-state index in [1.807, 2.05) is 32.0 Å². The Kier molecular flexibility index (Phi) is 6.26. The van der Waals surface area contributed by atoms with Crippen molar-refractivity contribution < 1.29 is 14.3 Å². The summed E-state index contributed by atoms with van der Waals surface area (Å²) in [4.78, 5) is 12.4. The van der Waals surface area contributed by atoms with E-state index in [1.54, 1.807) is 18.2 Å². The van der Waals surface area contributed by atoms with E-state index in [2.05, 4.69) is 5.32 Å². The quantitative estimate of drug-likeness (QED) is 0.620. The molecule has 0 fully saturated rings. The van der Waals surface area contributed by atoms with Crippen LogP contribution in [0.4, 0.5) is 5.69 Å². The monoisotopic (exact) mass is 370 g/mol. The van der Waals surface area contributed by atoms with Crippen LogP contribution in [-0.4, -0.2) is 20.1 Å². The highest BCUT2D eigenvalue weighted by molar-refractivity contribution is 6.32. The number of ether oxygens (including phenoxy) is 2. The molecule has 1 N–H and O–H groups in total. The van der Waals surface area contributed by atoms with Gasteiger partial charge in [-0.25, -0.2) is 0 Å². The smallest absolute Gasteiger partial charge is 0.266 e. The number of aryl methyl sites for hydroxylation is 2. The molecule has 0 aliphatic carbocycles. The van der Waals surface area contributed by atoms with Gasteiger partial charge in [-0.3, -0.25) is 4.79 Å². The van der Waals surface area contributed by atoms with Crippen molar-refractivity contribution >= 4 is 29.3 Å². The molecule has 0 unspecified atom stereocenters. The van der Waals surface area contributed by atoms with Crippen LogP contribution in [-0.2, 0) is 4.79 Å². The van der Waals surface area contributed by atoms with Crippen molar-refractivity contribution in [2.75, 3.05) is 19.5 Å². The summed E-state index contributed by atoms with van der Waals surface area (Å²) in [6.45, 7) is 3.94. The van der Waals surface area contributed by atoms with Crippen molar-refractivity contribution in [1.82, 2.24) is 0 Å². The number of nitrogens with one attached hydrogen (secondary N) is 1. The minimum absolute atomic E-state index is 0.0495. The van der Waals surface area contributed by atoms with Crippen molar-refractivity contribution in [1.29, 1.82) is 5.26 Å². The number of benzene rings is 2. The fourth-order valence-corrected chi connectivity index (χ4v) is 2.65. The summed E-state index contributed by atoms with van der Waals surface area (Å²) in [7, 11) is 2.97. The highest BCUT2D eigenvalue weighted by Crippen LogP contribution is 2.36. The van der Waals surface area contributed by atoms with Gasteiger partial charge in [0.05, 0.1) is 19.2 Å². The lowest BCUT2D eigenvalue weighted by molar-refractivity contribution is -0.112. The van der Waals surface area contributed by atoms with E-state index in [4.69, 9.17) is 21.1 Å². The second-order valence-electron chi connectivity index (χ2n) is 5.66. The lowest BCUT2D eigenvalue weighted by Gasteiger charge is -2.11. The van der Waals surface area contributed by atoms with Gasteiger partial charge in [0.2, 0.25) is 0 Å². The molecular weight excluding hydrogens is 352 g/mol. The number of hydrogen-bond acceptors (Lipinski definition) is 4. The maximum Gasteiger partial charge on any atom is 0.266 e. The number of halogens is 1. The third-order valence-corrected chi connectivity index (χ3v) is 4.18. The van der Waals surface area contributed by atoms with Crippen molar-refractivity contribution in [2.24, 2.45) is 0 Å². The minimum Gasteiger partial charge on any atom is -0.493 e. The average molecular weight is 371 g/mol. The van der Waals surface area contributed by atoms with Gasteiger partial charge in [0.15, 0.2) is 11.5 Å². The Hall–Kier alpha value is -2.97. The van der Waals surface area contributed by atoms with E-state index >= 15 is 0 Å². The average Bonchev–Trinajstić information content (AvgIpc) is 2.62. The van der Waals surface area contributed by atoms with Crippen LogP contribution in [0.3, 0.4) is 0 Å².